The van der Waals surface area contributed by atoms with Gasteiger partial charge in [0.2, 0.25) is 6.04 Å². The molecular weight excluding hydrogens is 156 g/mol. The second-order valence-electron chi connectivity index (χ2n) is 2.56. The fourth-order valence-corrected chi connectivity index (χ4v) is 0.745. The number of amides is 1. The van der Waals surface area contributed by atoms with Gasteiger partial charge in [0.25, 0.3) is 0 Å². The second-order valence-corrected chi connectivity index (χ2v) is 2.56. The Labute approximate surface area is 72.9 Å². The SMILES string of the molecule is [C-]#[N+]C(C)CN(C)C(=O)OCC. The van der Waals surface area contributed by atoms with Gasteiger partial charge in [-0.25, -0.2) is 11.4 Å². The fraction of sp³-hybridized carbons (Fsp3) is 0.750. The zero-order valence-electron chi connectivity index (χ0n) is 7.70. The first-order valence-corrected chi connectivity index (χ1v) is 3.86. The molecule has 0 fully saturated rings. The van der Waals surface area contributed by atoms with E-state index in [1.807, 2.05) is 0 Å². The van der Waals surface area contributed by atoms with E-state index in [0.717, 1.165) is 0 Å². The Hall–Kier alpha value is -1.24. The lowest BCUT2D eigenvalue weighted by atomic mass is 10.3. The average molecular weight is 170 g/mol. The summed E-state index contributed by atoms with van der Waals surface area (Å²) in [4.78, 5) is 15.7. The first-order valence-electron chi connectivity index (χ1n) is 3.86. The molecule has 0 saturated carbocycles. The maximum absolute atomic E-state index is 11.0. The van der Waals surface area contributed by atoms with Gasteiger partial charge in [-0.2, -0.15) is 0 Å². The molecule has 1 atom stereocenters. The molecule has 0 aromatic carbocycles. The number of hydrogen-bond donors (Lipinski definition) is 0. The van der Waals surface area contributed by atoms with E-state index in [1.165, 1.54) is 4.90 Å². The van der Waals surface area contributed by atoms with Crippen molar-refractivity contribution in [2.45, 2.75) is 19.9 Å². The molecule has 12 heavy (non-hydrogen) atoms. The number of likely N-dealkylation sites (N-methyl/N-ethyl adjacent to an activating group) is 1. The number of nitrogens with zero attached hydrogens (tertiary/aromatic N) is 2. The standard InChI is InChI=1S/C8H14N2O2/c1-5-12-8(11)10(4)6-7(2)9-3/h7H,5-6H2,1-2,4H3. The third-order valence-corrected chi connectivity index (χ3v) is 1.34. The number of hydrogen-bond acceptors (Lipinski definition) is 2. The molecule has 0 aliphatic heterocycles. The highest BCUT2D eigenvalue weighted by molar-refractivity contribution is 5.67. The number of ether oxygens (including phenoxy) is 1. The van der Waals surface area contributed by atoms with E-state index in [4.69, 9.17) is 11.3 Å². The Morgan fingerprint density at radius 2 is 2.33 bits per heavy atom. The Kier molecular flexibility index (Phi) is 4.86. The topological polar surface area (TPSA) is 33.9 Å². The van der Waals surface area contributed by atoms with Crippen molar-refractivity contribution in [1.82, 2.24) is 4.90 Å². The third-order valence-electron chi connectivity index (χ3n) is 1.34. The lowest BCUT2D eigenvalue weighted by Crippen LogP contribution is -2.32. The fourth-order valence-electron chi connectivity index (χ4n) is 0.745. The Bertz CT molecular complexity index is 186. The normalized spacial score (nSPS) is 11.5. The van der Waals surface area contributed by atoms with Crippen LogP contribution in [0.4, 0.5) is 4.79 Å². The molecule has 0 bridgehead atoms. The summed E-state index contributed by atoms with van der Waals surface area (Å²) in [7, 11) is 1.62. The van der Waals surface area contributed by atoms with Crippen LogP contribution in [0.5, 0.6) is 0 Å². The summed E-state index contributed by atoms with van der Waals surface area (Å²) < 4.78 is 4.73. The lowest BCUT2D eigenvalue weighted by Gasteiger charge is -2.15. The van der Waals surface area contributed by atoms with Crippen LogP contribution in [0.3, 0.4) is 0 Å². The first kappa shape index (κ1) is 10.8. The highest BCUT2D eigenvalue weighted by Gasteiger charge is 2.14. The van der Waals surface area contributed by atoms with E-state index in [9.17, 15) is 4.79 Å². The van der Waals surface area contributed by atoms with Gasteiger partial charge in [0.15, 0.2) is 0 Å². The van der Waals surface area contributed by atoms with Crippen molar-refractivity contribution >= 4 is 6.09 Å². The van der Waals surface area contributed by atoms with Crippen molar-refractivity contribution in [3.05, 3.63) is 11.4 Å². The van der Waals surface area contributed by atoms with Crippen LogP contribution >= 0.6 is 0 Å². The van der Waals surface area contributed by atoms with Gasteiger partial charge in [0, 0.05) is 14.0 Å². The van der Waals surface area contributed by atoms with E-state index in [-0.39, 0.29) is 12.1 Å². The van der Waals surface area contributed by atoms with Gasteiger partial charge < -0.3 is 14.5 Å². The molecule has 4 heteroatoms. The Morgan fingerprint density at radius 3 is 2.75 bits per heavy atom. The summed E-state index contributed by atoms with van der Waals surface area (Å²) in [5.41, 5.74) is 0. The van der Waals surface area contributed by atoms with Gasteiger partial charge in [-0.3, -0.25) is 0 Å². The third kappa shape index (κ3) is 3.81. The molecule has 1 amide bonds. The predicted molar refractivity (Wildman–Crippen MR) is 45.7 cm³/mol. The monoisotopic (exact) mass is 170 g/mol. The van der Waals surface area contributed by atoms with Crippen molar-refractivity contribution < 1.29 is 9.53 Å². The average Bonchev–Trinajstić information content (AvgIpc) is 2.04. The molecule has 0 spiro atoms. The number of rotatable bonds is 3. The van der Waals surface area contributed by atoms with Crippen molar-refractivity contribution in [2.75, 3.05) is 20.2 Å². The highest BCUT2D eigenvalue weighted by atomic mass is 16.5. The Balaban J connectivity index is 3.80. The van der Waals surface area contributed by atoms with Crippen LogP contribution in [-0.2, 0) is 4.74 Å². The van der Waals surface area contributed by atoms with Crippen LogP contribution in [0.25, 0.3) is 4.85 Å². The van der Waals surface area contributed by atoms with Crippen molar-refractivity contribution in [2.24, 2.45) is 0 Å². The molecule has 0 aromatic heterocycles. The van der Waals surface area contributed by atoms with Crippen LogP contribution in [0.2, 0.25) is 0 Å². The molecule has 68 valence electrons. The largest absolute Gasteiger partial charge is 0.450 e. The molecular formula is C8H14N2O2. The summed E-state index contributed by atoms with van der Waals surface area (Å²) in [6, 6.07) is -0.167. The molecule has 0 saturated heterocycles. The minimum Gasteiger partial charge on any atom is -0.450 e. The van der Waals surface area contributed by atoms with E-state index in [0.29, 0.717) is 13.2 Å². The van der Waals surface area contributed by atoms with Gasteiger partial charge in [0.05, 0.1) is 13.2 Å². The zero-order chi connectivity index (χ0) is 9.56. The van der Waals surface area contributed by atoms with E-state index >= 15 is 0 Å². The lowest BCUT2D eigenvalue weighted by molar-refractivity contribution is 0.115. The molecule has 0 heterocycles. The van der Waals surface area contributed by atoms with Crippen LogP contribution in [0.15, 0.2) is 0 Å². The Morgan fingerprint density at radius 1 is 1.75 bits per heavy atom. The predicted octanol–water partition coefficient (Wildman–Crippen LogP) is 1.38. The molecule has 0 aliphatic carbocycles. The maximum Gasteiger partial charge on any atom is 0.409 e. The van der Waals surface area contributed by atoms with Crippen LogP contribution in [0.1, 0.15) is 13.8 Å². The van der Waals surface area contributed by atoms with E-state index < -0.39 is 0 Å². The summed E-state index contributed by atoms with van der Waals surface area (Å²) in [6.07, 6.45) is -0.368. The maximum atomic E-state index is 11.0. The van der Waals surface area contributed by atoms with Crippen molar-refractivity contribution in [1.29, 1.82) is 0 Å². The second kappa shape index (κ2) is 5.42. The van der Waals surface area contributed by atoms with Gasteiger partial charge in [-0.1, -0.05) is 0 Å². The molecule has 0 aliphatic rings. The quantitative estimate of drug-likeness (QED) is 0.600. The van der Waals surface area contributed by atoms with Crippen LogP contribution in [-0.4, -0.2) is 37.2 Å². The molecule has 0 N–H and O–H groups in total. The van der Waals surface area contributed by atoms with E-state index in [1.54, 1.807) is 20.9 Å². The van der Waals surface area contributed by atoms with Crippen LogP contribution in [0, 0.1) is 6.57 Å². The summed E-state index contributed by atoms with van der Waals surface area (Å²) >= 11 is 0. The van der Waals surface area contributed by atoms with Crippen molar-refractivity contribution in [3.8, 4) is 0 Å². The molecule has 0 aromatic rings. The van der Waals surface area contributed by atoms with Gasteiger partial charge in [0.1, 0.15) is 0 Å². The van der Waals surface area contributed by atoms with Crippen LogP contribution < -0.4 is 0 Å². The molecule has 4 nitrogen and oxygen atoms in total. The summed E-state index contributed by atoms with van der Waals surface area (Å²) in [5.74, 6) is 0. The van der Waals surface area contributed by atoms with Gasteiger partial charge in [-0.05, 0) is 6.92 Å². The highest BCUT2D eigenvalue weighted by Crippen LogP contribution is 1.95. The minimum absolute atomic E-state index is 0.167. The summed E-state index contributed by atoms with van der Waals surface area (Å²) in [6.45, 7) is 11.0. The minimum atomic E-state index is -0.368. The number of carbonyl (C=O) groups is 1. The molecule has 1 unspecified atom stereocenters. The van der Waals surface area contributed by atoms with Gasteiger partial charge in [-0.15, -0.1) is 0 Å². The van der Waals surface area contributed by atoms with Gasteiger partial charge >= 0.3 is 6.09 Å². The first-order chi connectivity index (χ1) is 5.61. The smallest absolute Gasteiger partial charge is 0.409 e. The molecule has 0 rings (SSSR count). The number of carbonyl (C=O) groups excluding carboxylic acids is 1. The van der Waals surface area contributed by atoms with Crippen molar-refractivity contribution in [3.63, 3.8) is 0 Å². The van der Waals surface area contributed by atoms with E-state index in [2.05, 4.69) is 4.85 Å². The molecule has 0 radical (unpaired) electrons. The zero-order valence-corrected chi connectivity index (χ0v) is 7.70. The summed E-state index contributed by atoms with van der Waals surface area (Å²) in [5, 5.41) is 0.